The third-order valence-electron chi connectivity index (χ3n) is 3.01. The smallest absolute Gasteiger partial charge is 0.307 e. The van der Waals surface area contributed by atoms with Crippen LogP contribution in [0.3, 0.4) is 0 Å². The van der Waals surface area contributed by atoms with Crippen molar-refractivity contribution in [2.45, 2.75) is 13.3 Å². The number of benzene rings is 1. The molecule has 0 radical (unpaired) electrons. The number of rotatable bonds is 10. The molecule has 0 fully saturated rings. The van der Waals surface area contributed by atoms with Crippen LogP contribution < -0.4 is 0 Å². The van der Waals surface area contributed by atoms with Crippen LogP contribution in [0.15, 0.2) is 24.3 Å². The van der Waals surface area contributed by atoms with Gasteiger partial charge in [-0.2, -0.15) is 0 Å². The molecule has 0 aromatic heterocycles. The van der Waals surface area contributed by atoms with Crippen LogP contribution in [0.4, 0.5) is 4.39 Å². The molecular weight excluding hydrogens is 305 g/mol. The summed E-state index contributed by atoms with van der Waals surface area (Å²) >= 11 is 0. The van der Waals surface area contributed by atoms with Crippen LogP contribution in [0.1, 0.15) is 23.7 Å². The summed E-state index contributed by atoms with van der Waals surface area (Å²) in [5, 5.41) is 8.68. The summed E-state index contributed by atoms with van der Waals surface area (Å²) in [5.41, 5.74) is 0.331. The van der Waals surface area contributed by atoms with Gasteiger partial charge < -0.3 is 19.5 Å². The first-order valence-electron chi connectivity index (χ1n) is 7.47. The maximum Gasteiger partial charge on any atom is 0.307 e. The molecule has 1 aromatic rings. The lowest BCUT2D eigenvalue weighted by atomic mass is 10.2. The van der Waals surface area contributed by atoms with Crippen LogP contribution in [0.5, 0.6) is 0 Å². The monoisotopic (exact) mass is 327 g/mol. The normalized spacial score (nSPS) is 10.4. The molecule has 6 nitrogen and oxygen atoms in total. The number of nitrogens with zero attached hydrogens (tertiary/aromatic N) is 1. The maximum absolute atomic E-state index is 12.9. The van der Waals surface area contributed by atoms with Gasteiger partial charge in [0.05, 0.1) is 32.8 Å². The number of hydrogen-bond donors (Lipinski definition) is 1. The molecule has 0 aliphatic carbocycles. The zero-order valence-corrected chi connectivity index (χ0v) is 13.2. The summed E-state index contributed by atoms with van der Waals surface area (Å²) in [6.45, 7) is 2.74. The minimum atomic E-state index is -0.425. The number of hydrogen-bond acceptors (Lipinski definition) is 5. The van der Waals surface area contributed by atoms with Crippen LogP contribution in [-0.4, -0.2) is 61.4 Å². The minimum absolute atomic E-state index is 0.0702. The highest BCUT2D eigenvalue weighted by molar-refractivity contribution is 5.94. The first kappa shape index (κ1) is 19.1. The molecule has 1 aromatic carbocycles. The highest BCUT2D eigenvalue weighted by atomic mass is 19.1. The second-order valence-corrected chi connectivity index (χ2v) is 4.69. The van der Waals surface area contributed by atoms with Gasteiger partial charge >= 0.3 is 5.97 Å². The largest absolute Gasteiger partial charge is 0.466 e. The Morgan fingerprint density at radius 2 is 1.87 bits per heavy atom. The molecule has 0 atom stereocenters. The minimum Gasteiger partial charge on any atom is -0.466 e. The summed E-state index contributed by atoms with van der Waals surface area (Å²) < 4.78 is 22.9. The second kappa shape index (κ2) is 10.7. The summed E-state index contributed by atoms with van der Waals surface area (Å²) in [7, 11) is 0. The molecule has 0 aliphatic rings. The Hall–Kier alpha value is -1.99. The Bertz CT molecular complexity index is 492. The average Bonchev–Trinajstić information content (AvgIpc) is 2.54. The van der Waals surface area contributed by atoms with Crippen LogP contribution in [0.25, 0.3) is 0 Å². The second-order valence-electron chi connectivity index (χ2n) is 4.69. The Morgan fingerprint density at radius 3 is 2.48 bits per heavy atom. The first-order chi connectivity index (χ1) is 11.1. The van der Waals surface area contributed by atoms with Crippen LogP contribution in [-0.2, 0) is 14.3 Å². The Kier molecular flexibility index (Phi) is 8.86. The van der Waals surface area contributed by atoms with Gasteiger partial charge in [0.25, 0.3) is 5.91 Å². The molecule has 0 heterocycles. The molecule has 1 amide bonds. The number of aliphatic hydroxyl groups excluding tert-OH is 1. The van der Waals surface area contributed by atoms with Crippen molar-refractivity contribution in [2.24, 2.45) is 0 Å². The van der Waals surface area contributed by atoms with Crippen molar-refractivity contribution >= 4 is 11.9 Å². The zero-order valence-electron chi connectivity index (χ0n) is 13.2. The number of amides is 1. The fraction of sp³-hybridized carbons (Fsp3) is 0.500. The molecule has 0 spiro atoms. The lowest BCUT2D eigenvalue weighted by molar-refractivity contribution is -0.143. The van der Waals surface area contributed by atoms with Gasteiger partial charge in [-0.25, -0.2) is 4.39 Å². The van der Waals surface area contributed by atoms with Gasteiger partial charge in [-0.05, 0) is 31.2 Å². The van der Waals surface area contributed by atoms with Gasteiger partial charge in [-0.3, -0.25) is 9.59 Å². The SMILES string of the molecule is CCOC(=O)CCN(CCOCCO)C(=O)c1ccc(F)cc1. The third kappa shape index (κ3) is 7.21. The van der Waals surface area contributed by atoms with E-state index < -0.39 is 5.82 Å². The van der Waals surface area contributed by atoms with Crippen molar-refractivity contribution in [2.75, 3.05) is 39.5 Å². The summed E-state index contributed by atoms with van der Waals surface area (Å²) in [6, 6.07) is 5.20. The first-order valence-corrected chi connectivity index (χ1v) is 7.47. The number of aliphatic hydroxyl groups is 1. The molecule has 0 aliphatic heterocycles. The highest BCUT2D eigenvalue weighted by Gasteiger charge is 2.17. The Labute approximate surface area is 134 Å². The van der Waals surface area contributed by atoms with Crippen LogP contribution in [0, 0.1) is 5.82 Å². The van der Waals surface area contributed by atoms with E-state index >= 15 is 0 Å². The van der Waals surface area contributed by atoms with Gasteiger partial charge in [-0.15, -0.1) is 0 Å². The number of halogens is 1. The van der Waals surface area contributed by atoms with Crippen LogP contribution in [0.2, 0.25) is 0 Å². The number of esters is 1. The zero-order chi connectivity index (χ0) is 17.1. The van der Waals surface area contributed by atoms with E-state index in [4.69, 9.17) is 14.6 Å². The van der Waals surface area contributed by atoms with Crippen molar-refractivity contribution in [3.05, 3.63) is 35.6 Å². The molecule has 23 heavy (non-hydrogen) atoms. The van der Waals surface area contributed by atoms with Crippen molar-refractivity contribution in [1.82, 2.24) is 4.90 Å². The topological polar surface area (TPSA) is 76.1 Å². The van der Waals surface area contributed by atoms with Gasteiger partial charge in [-0.1, -0.05) is 0 Å². The fourth-order valence-corrected chi connectivity index (χ4v) is 1.89. The predicted octanol–water partition coefficient (Wildman–Crippen LogP) is 1.23. The maximum atomic E-state index is 12.9. The molecule has 1 N–H and O–H groups in total. The lowest BCUT2D eigenvalue weighted by Crippen LogP contribution is -2.36. The molecule has 0 saturated heterocycles. The Balaban J connectivity index is 2.66. The molecular formula is C16H22FNO5. The summed E-state index contributed by atoms with van der Waals surface area (Å²) in [5.74, 6) is -1.13. The lowest BCUT2D eigenvalue weighted by Gasteiger charge is -2.22. The molecule has 0 saturated carbocycles. The number of ether oxygens (including phenoxy) is 2. The molecule has 0 unspecified atom stereocenters. The standard InChI is InChI=1S/C16H22FNO5/c1-2-23-15(20)7-8-18(9-11-22-12-10-19)16(21)13-3-5-14(17)6-4-13/h3-6,19H,2,7-12H2,1H3. The van der Waals surface area contributed by atoms with E-state index in [9.17, 15) is 14.0 Å². The predicted molar refractivity (Wildman–Crippen MR) is 81.5 cm³/mol. The van der Waals surface area contributed by atoms with Crippen LogP contribution >= 0.6 is 0 Å². The van der Waals surface area contributed by atoms with E-state index in [1.165, 1.54) is 29.2 Å². The van der Waals surface area contributed by atoms with Gasteiger partial charge in [0.1, 0.15) is 5.82 Å². The van der Waals surface area contributed by atoms with Crippen molar-refractivity contribution in [3.63, 3.8) is 0 Å². The average molecular weight is 327 g/mol. The fourth-order valence-electron chi connectivity index (χ4n) is 1.89. The third-order valence-corrected chi connectivity index (χ3v) is 3.01. The molecule has 7 heteroatoms. The number of carbonyl (C=O) groups excluding carboxylic acids is 2. The van der Waals surface area contributed by atoms with E-state index in [0.717, 1.165) is 0 Å². The van der Waals surface area contributed by atoms with Crippen molar-refractivity contribution in [1.29, 1.82) is 0 Å². The molecule has 0 bridgehead atoms. The van der Waals surface area contributed by atoms with Crippen molar-refractivity contribution < 1.29 is 28.6 Å². The van der Waals surface area contributed by atoms with E-state index in [2.05, 4.69) is 0 Å². The Morgan fingerprint density at radius 1 is 1.17 bits per heavy atom. The van der Waals surface area contributed by atoms with Gasteiger partial charge in [0, 0.05) is 18.7 Å². The highest BCUT2D eigenvalue weighted by Crippen LogP contribution is 2.08. The van der Waals surface area contributed by atoms with E-state index in [1.807, 2.05) is 0 Å². The van der Waals surface area contributed by atoms with E-state index in [1.54, 1.807) is 6.92 Å². The summed E-state index contributed by atoms with van der Waals surface area (Å²) in [6.07, 6.45) is 0.0702. The number of carbonyl (C=O) groups is 2. The summed E-state index contributed by atoms with van der Waals surface area (Å²) in [4.78, 5) is 25.3. The van der Waals surface area contributed by atoms with Crippen molar-refractivity contribution in [3.8, 4) is 0 Å². The van der Waals surface area contributed by atoms with Gasteiger partial charge in [0.2, 0.25) is 0 Å². The molecule has 128 valence electrons. The molecule has 1 rings (SSSR count). The van der Waals surface area contributed by atoms with E-state index in [-0.39, 0.29) is 57.8 Å². The van der Waals surface area contributed by atoms with Gasteiger partial charge in [0.15, 0.2) is 0 Å². The van der Waals surface area contributed by atoms with E-state index in [0.29, 0.717) is 5.56 Å². The quantitative estimate of drug-likeness (QED) is 0.517.